The number of aromatic nitrogens is 2. The molecule has 7 rings (SSSR count). The molecule has 1 saturated carbocycles. The molecule has 0 atom stereocenters. The van der Waals surface area contributed by atoms with Crippen LogP contribution in [0.2, 0.25) is 19.6 Å². The van der Waals surface area contributed by atoms with Gasteiger partial charge in [0.15, 0.2) is 0 Å². The molecule has 0 bridgehead atoms. The van der Waals surface area contributed by atoms with Crippen LogP contribution in [0.4, 0.5) is 0 Å². The van der Waals surface area contributed by atoms with Crippen LogP contribution in [0, 0.1) is 19.0 Å². The summed E-state index contributed by atoms with van der Waals surface area (Å²) in [6.45, 7) is 5.05. The van der Waals surface area contributed by atoms with Crippen LogP contribution in [0.25, 0.3) is 44.5 Å². The molecule has 6 aromatic rings. The van der Waals surface area contributed by atoms with Crippen molar-refractivity contribution >= 4 is 35.2 Å². The maximum Gasteiger partial charge on any atom is 0.120 e. The van der Waals surface area contributed by atoms with Gasteiger partial charge in [-0.15, -0.1) is 53.2 Å². The van der Waals surface area contributed by atoms with Crippen molar-refractivity contribution in [1.82, 2.24) is 9.97 Å². The van der Waals surface area contributed by atoms with E-state index >= 15 is 0 Å². The van der Waals surface area contributed by atoms with Gasteiger partial charge in [-0.1, -0.05) is 85.9 Å². The molecule has 42 heavy (non-hydrogen) atoms. The van der Waals surface area contributed by atoms with Gasteiger partial charge in [-0.05, 0) is 54.2 Å². The third-order valence-corrected chi connectivity index (χ3v) is 9.89. The summed E-state index contributed by atoms with van der Waals surface area (Å²) in [5, 5.41) is 3.86. The molecule has 1 fully saturated rings. The number of fused-ring (bicyclic) bond motifs is 3. The third kappa shape index (κ3) is 6.34. The minimum absolute atomic E-state index is 0. The van der Waals surface area contributed by atoms with Gasteiger partial charge in [-0.2, -0.15) is 0 Å². The summed E-state index contributed by atoms with van der Waals surface area (Å²) in [5.74, 6) is 0.686. The molecule has 0 amide bonds. The molecule has 0 unspecified atom stereocenters. The molecule has 3 nitrogen and oxygen atoms in total. The van der Waals surface area contributed by atoms with Gasteiger partial charge in [-0.3, -0.25) is 0 Å². The van der Waals surface area contributed by atoms with Crippen molar-refractivity contribution in [3.05, 3.63) is 115 Å². The van der Waals surface area contributed by atoms with Crippen LogP contribution in [0.5, 0.6) is 0 Å². The Hall–Kier alpha value is -3.37. The van der Waals surface area contributed by atoms with Crippen molar-refractivity contribution < 1.29 is 28.6 Å². The van der Waals surface area contributed by atoms with Crippen molar-refractivity contribution in [2.24, 2.45) is 0 Å². The molecule has 0 spiro atoms. The molecular formula is C37H36IrN2OSi-2. The van der Waals surface area contributed by atoms with Crippen LogP contribution in [-0.4, -0.2) is 18.0 Å². The van der Waals surface area contributed by atoms with Crippen molar-refractivity contribution in [3.63, 3.8) is 0 Å². The maximum absolute atomic E-state index is 7.23. The Morgan fingerprint density at radius 1 is 0.857 bits per heavy atom. The predicted molar refractivity (Wildman–Crippen MR) is 173 cm³/mol. The Morgan fingerprint density at radius 2 is 1.62 bits per heavy atom. The van der Waals surface area contributed by atoms with Crippen molar-refractivity contribution in [3.8, 4) is 22.5 Å². The largest absolute Gasteiger partial charge is 0.501 e. The first-order chi connectivity index (χ1) is 21.1. The van der Waals surface area contributed by atoms with Crippen LogP contribution >= 0.6 is 0 Å². The van der Waals surface area contributed by atoms with E-state index in [1.54, 1.807) is 18.2 Å². The van der Waals surface area contributed by atoms with Crippen molar-refractivity contribution in [2.45, 2.75) is 58.1 Å². The summed E-state index contributed by atoms with van der Waals surface area (Å²) in [4.78, 5) is 8.95. The van der Waals surface area contributed by atoms with Gasteiger partial charge in [0.2, 0.25) is 0 Å². The van der Waals surface area contributed by atoms with E-state index in [2.05, 4.69) is 79.4 Å². The molecule has 3 aromatic carbocycles. The molecule has 0 saturated heterocycles. The van der Waals surface area contributed by atoms with Gasteiger partial charge in [-0.25, -0.2) is 0 Å². The van der Waals surface area contributed by atoms with Gasteiger partial charge in [0.25, 0.3) is 0 Å². The second-order valence-electron chi connectivity index (χ2n) is 11.8. The SMILES string of the molecule is C[Si](C)(C)c1c[c-]c(-c2ccc(C3CCCC3)cn2)c2oc3ccccc3c12.[2H]C([2H])([2H])c1ccc(-c2[c-]cccc2)nc1.[Ir]. The van der Waals surface area contributed by atoms with Crippen LogP contribution in [0.1, 0.15) is 46.8 Å². The van der Waals surface area contributed by atoms with Gasteiger partial charge < -0.3 is 14.4 Å². The summed E-state index contributed by atoms with van der Waals surface area (Å²) in [7, 11) is -1.54. The summed E-state index contributed by atoms with van der Waals surface area (Å²) < 4.78 is 28.1. The van der Waals surface area contributed by atoms with E-state index < -0.39 is 14.9 Å². The minimum Gasteiger partial charge on any atom is -0.501 e. The average molecular weight is 748 g/mol. The number of hydrogen-bond donors (Lipinski definition) is 0. The Bertz CT molecular complexity index is 1870. The summed E-state index contributed by atoms with van der Waals surface area (Å²) in [6.07, 6.45) is 8.75. The fourth-order valence-electron chi connectivity index (χ4n) is 5.71. The number of nitrogens with zero attached hydrogens (tertiary/aromatic N) is 2. The first-order valence-electron chi connectivity index (χ1n) is 15.9. The minimum atomic E-state index is -2.09. The number of benzene rings is 3. The molecule has 1 aliphatic carbocycles. The van der Waals surface area contributed by atoms with Crippen LogP contribution in [-0.2, 0) is 20.1 Å². The second kappa shape index (κ2) is 12.9. The van der Waals surface area contributed by atoms with Crippen molar-refractivity contribution in [2.75, 3.05) is 0 Å². The number of aryl methyl sites for hydroxylation is 1. The first-order valence-corrected chi connectivity index (χ1v) is 17.9. The van der Waals surface area contributed by atoms with Gasteiger partial charge in [0, 0.05) is 50.1 Å². The van der Waals surface area contributed by atoms with Crippen LogP contribution < -0.4 is 5.19 Å². The molecule has 0 aliphatic heterocycles. The Labute approximate surface area is 268 Å². The molecular weight excluding hydrogens is 709 g/mol. The monoisotopic (exact) mass is 748 g/mol. The third-order valence-electron chi connectivity index (χ3n) is 7.88. The molecule has 1 aliphatic rings. The first kappa shape index (κ1) is 26.3. The number of furan rings is 1. The van der Waals surface area contributed by atoms with E-state index in [0.29, 0.717) is 5.92 Å². The normalized spacial score (nSPS) is 14.9. The number of pyridine rings is 2. The number of hydrogen-bond acceptors (Lipinski definition) is 3. The standard InChI is InChI=1S/C25H26NOSi.C12H10N.Ir/c1-28(2,3)23-15-13-19(25-24(23)20-10-6-7-11-22(20)27-25)21-14-12-18(16-26-21)17-8-4-5-9-17;1-10-7-8-12(13-9-10)11-5-3-2-4-6-11;/h6-7,10-12,14-17H,4-5,8-9H2,1-3H3;2-5,7-9H,1H3;/q2*-1;/i;1D3;. The number of para-hydroxylation sites is 1. The Kier molecular flexibility index (Phi) is 8.05. The zero-order valence-electron chi connectivity index (χ0n) is 27.2. The van der Waals surface area contributed by atoms with Gasteiger partial charge in [0.05, 0.1) is 5.58 Å². The Morgan fingerprint density at radius 3 is 2.29 bits per heavy atom. The number of rotatable bonds is 4. The maximum atomic E-state index is 7.23. The van der Waals surface area contributed by atoms with Crippen LogP contribution in [0.3, 0.4) is 0 Å². The molecule has 0 N–H and O–H groups in total. The summed E-state index contributed by atoms with van der Waals surface area (Å²) in [5.41, 5.74) is 7.03. The fraction of sp³-hybridized carbons (Fsp3) is 0.243. The quantitative estimate of drug-likeness (QED) is 0.133. The Balaban J connectivity index is 0.000000202. The molecule has 3 aromatic heterocycles. The van der Waals surface area contributed by atoms with E-state index in [1.807, 2.05) is 24.3 Å². The second-order valence-corrected chi connectivity index (χ2v) is 16.8. The van der Waals surface area contributed by atoms with E-state index in [4.69, 9.17) is 13.5 Å². The molecule has 5 heteroatoms. The van der Waals surface area contributed by atoms with E-state index in [9.17, 15) is 0 Å². The van der Waals surface area contributed by atoms with Gasteiger partial charge in [0.1, 0.15) is 5.58 Å². The molecule has 3 heterocycles. The molecule has 215 valence electrons. The summed E-state index contributed by atoms with van der Waals surface area (Å²) in [6, 6.07) is 32.3. The summed E-state index contributed by atoms with van der Waals surface area (Å²) >= 11 is 0. The van der Waals surface area contributed by atoms with E-state index in [1.165, 1.54) is 53.4 Å². The van der Waals surface area contributed by atoms with Crippen molar-refractivity contribution in [1.29, 1.82) is 0 Å². The topological polar surface area (TPSA) is 38.9 Å². The predicted octanol–water partition coefficient (Wildman–Crippen LogP) is 9.51. The zero-order valence-corrected chi connectivity index (χ0v) is 27.6. The van der Waals surface area contributed by atoms with E-state index in [0.717, 1.165) is 33.7 Å². The van der Waals surface area contributed by atoms with Crippen LogP contribution in [0.15, 0.2) is 95.7 Å². The van der Waals surface area contributed by atoms with E-state index in [-0.39, 0.29) is 25.7 Å². The van der Waals surface area contributed by atoms with Gasteiger partial charge >= 0.3 is 0 Å². The molecule has 1 radical (unpaired) electrons. The average Bonchev–Trinajstić information content (AvgIpc) is 3.70. The fourth-order valence-corrected chi connectivity index (χ4v) is 7.22. The zero-order chi connectivity index (χ0) is 30.9. The smallest absolute Gasteiger partial charge is 0.120 e.